The van der Waals surface area contributed by atoms with Gasteiger partial charge in [0.05, 0.1) is 13.7 Å². The van der Waals surface area contributed by atoms with Crippen molar-refractivity contribution in [2.45, 2.75) is 20.1 Å². The first-order chi connectivity index (χ1) is 9.63. The summed E-state index contributed by atoms with van der Waals surface area (Å²) in [5.41, 5.74) is 2.47. The summed E-state index contributed by atoms with van der Waals surface area (Å²) in [5.74, 6) is 0.823. The number of halogens is 1. The van der Waals surface area contributed by atoms with Gasteiger partial charge in [-0.1, -0.05) is 12.1 Å². The highest BCUT2D eigenvalue weighted by Crippen LogP contribution is 2.29. The zero-order valence-corrected chi connectivity index (χ0v) is 11.5. The molecule has 0 amide bonds. The van der Waals surface area contributed by atoms with Crippen LogP contribution in [0.5, 0.6) is 11.5 Å². The third kappa shape index (κ3) is 3.27. The lowest BCUT2D eigenvalue weighted by Crippen LogP contribution is -2.01. The molecule has 0 saturated carbocycles. The van der Waals surface area contributed by atoms with E-state index >= 15 is 0 Å². The van der Waals surface area contributed by atoms with Crippen molar-refractivity contribution in [2.24, 2.45) is 0 Å². The molecule has 106 valence electrons. The third-order valence-corrected chi connectivity index (χ3v) is 3.10. The highest BCUT2D eigenvalue weighted by molar-refractivity contribution is 5.43. The molecule has 1 N–H and O–H groups in total. The second-order valence-electron chi connectivity index (χ2n) is 4.50. The number of rotatable bonds is 5. The maximum absolute atomic E-state index is 13.2. The van der Waals surface area contributed by atoms with E-state index in [1.807, 2.05) is 6.92 Å². The smallest absolute Gasteiger partial charge is 0.162 e. The van der Waals surface area contributed by atoms with Crippen molar-refractivity contribution < 1.29 is 19.0 Å². The maximum atomic E-state index is 13.2. The molecule has 0 aliphatic carbocycles. The third-order valence-electron chi connectivity index (χ3n) is 3.10. The van der Waals surface area contributed by atoms with E-state index in [-0.39, 0.29) is 19.0 Å². The van der Waals surface area contributed by atoms with Crippen LogP contribution in [0.4, 0.5) is 4.39 Å². The summed E-state index contributed by atoms with van der Waals surface area (Å²) in [7, 11) is 1.55. The average Bonchev–Trinajstić information content (AvgIpc) is 2.47. The fourth-order valence-electron chi connectivity index (χ4n) is 1.88. The summed E-state index contributed by atoms with van der Waals surface area (Å²) in [4.78, 5) is 0. The van der Waals surface area contributed by atoms with Crippen molar-refractivity contribution in [1.29, 1.82) is 0 Å². The number of methoxy groups -OCH3 is 1. The Morgan fingerprint density at radius 3 is 2.60 bits per heavy atom. The predicted molar refractivity (Wildman–Crippen MR) is 74.4 cm³/mol. The molecule has 0 aliphatic rings. The van der Waals surface area contributed by atoms with Gasteiger partial charge in [0.1, 0.15) is 12.4 Å². The van der Waals surface area contributed by atoms with Crippen molar-refractivity contribution in [3.63, 3.8) is 0 Å². The first kappa shape index (κ1) is 14.3. The van der Waals surface area contributed by atoms with Crippen molar-refractivity contribution in [3.05, 3.63) is 58.9 Å². The van der Waals surface area contributed by atoms with E-state index in [1.165, 1.54) is 12.1 Å². The predicted octanol–water partition coefficient (Wildman–Crippen LogP) is 3.21. The minimum Gasteiger partial charge on any atom is -0.493 e. The van der Waals surface area contributed by atoms with Crippen molar-refractivity contribution in [2.75, 3.05) is 7.11 Å². The Morgan fingerprint density at radius 2 is 1.90 bits per heavy atom. The second-order valence-corrected chi connectivity index (χ2v) is 4.50. The first-order valence-corrected chi connectivity index (χ1v) is 6.29. The van der Waals surface area contributed by atoms with Gasteiger partial charge in [0.15, 0.2) is 11.5 Å². The molecule has 3 nitrogen and oxygen atoms in total. The van der Waals surface area contributed by atoms with Crippen LogP contribution in [0.15, 0.2) is 36.4 Å². The number of aryl methyl sites for hydroxylation is 1. The summed E-state index contributed by atoms with van der Waals surface area (Å²) < 4.78 is 24.1. The summed E-state index contributed by atoms with van der Waals surface area (Å²) in [6.45, 7) is 2.08. The van der Waals surface area contributed by atoms with Crippen LogP contribution in [0.3, 0.4) is 0 Å². The monoisotopic (exact) mass is 276 g/mol. The maximum Gasteiger partial charge on any atom is 0.162 e. The number of hydrogen-bond acceptors (Lipinski definition) is 3. The fourth-order valence-corrected chi connectivity index (χ4v) is 1.88. The number of benzene rings is 2. The average molecular weight is 276 g/mol. The van der Waals surface area contributed by atoms with Crippen LogP contribution in [-0.2, 0) is 13.2 Å². The molecule has 2 aromatic rings. The molecule has 0 radical (unpaired) electrons. The van der Waals surface area contributed by atoms with Crippen LogP contribution in [-0.4, -0.2) is 12.2 Å². The van der Waals surface area contributed by atoms with E-state index < -0.39 is 0 Å². The number of aliphatic hydroxyl groups is 1. The van der Waals surface area contributed by atoms with Gasteiger partial charge in [-0.25, -0.2) is 4.39 Å². The lowest BCUT2D eigenvalue weighted by atomic mass is 10.1. The minimum atomic E-state index is -0.287. The van der Waals surface area contributed by atoms with Gasteiger partial charge < -0.3 is 14.6 Å². The fraction of sp³-hybridized carbons (Fsp3) is 0.250. The van der Waals surface area contributed by atoms with Gasteiger partial charge in [0.25, 0.3) is 0 Å². The van der Waals surface area contributed by atoms with Crippen LogP contribution in [0.2, 0.25) is 0 Å². The van der Waals surface area contributed by atoms with Crippen molar-refractivity contribution in [1.82, 2.24) is 0 Å². The molecule has 2 rings (SSSR count). The Kier molecular flexibility index (Phi) is 4.58. The van der Waals surface area contributed by atoms with Gasteiger partial charge in [-0.05, 0) is 47.9 Å². The topological polar surface area (TPSA) is 38.7 Å². The summed E-state index contributed by atoms with van der Waals surface area (Å²) in [6, 6.07) is 9.81. The van der Waals surface area contributed by atoms with Crippen LogP contribution in [0.1, 0.15) is 16.7 Å². The van der Waals surface area contributed by atoms with Crippen molar-refractivity contribution >= 4 is 0 Å². The van der Waals surface area contributed by atoms with Gasteiger partial charge in [-0.2, -0.15) is 0 Å². The van der Waals surface area contributed by atoms with Crippen LogP contribution < -0.4 is 9.47 Å². The summed E-state index contributed by atoms with van der Waals surface area (Å²) >= 11 is 0. The van der Waals surface area contributed by atoms with Crippen LogP contribution >= 0.6 is 0 Å². The standard InChI is InChI=1S/C16H17FO3/c1-11-3-5-14(17)8-13(11)10-20-16-7-12(9-18)4-6-15(16)19-2/h3-8,18H,9-10H2,1-2H3. The Balaban J connectivity index is 2.19. The van der Waals surface area contributed by atoms with Crippen molar-refractivity contribution in [3.8, 4) is 11.5 Å². The number of hydrogen-bond donors (Lipinski definition) is 1. The van der Waals surface area contributed by atoms with Crippen LogP contribution in [0.25, 0.3) is 0 Å². The highest BCUT2D eigenvalue weighted by Gasteiger charge is 2.07. The Labute approximate surface area is 117 Å². The SMILES string of the molecule is COc1ccc(CO)cc1OCc1cc(F)ccc1C. The van der Waals surface area contributed by atoms with E-state index in [9.17, 15) is 4.39 Å². The van der Waals surface area contributed by atoms with E-state index in [1.54, 1.807) is 31.4 Å². The van der Waals surface area contributed by atoms with Gasteiger partial charge in [0, 0.05) is 0 Å². The molecule has 0 spiro atoms. The summed E-state index contributed by atoms with van der Waals surface area (Å²) in [5, 5.41) is 9.15. The van der Waals surface area contributed by atoms with Gasteiger partial charge in [-0.15, -0.1) is 0 Å². The van der Waals surface area contributed by atoms with E-state index in [0.717, 1.165) is 16.7 Å². The lowest BCUT2D eigenvalue weighted by molar-refractivity contribution is 0.271. The first-order valence-electron chi connectivity index (χ1n) is 6.29. The Bertz CT molecular complexity index is 596. The van der Waals surface area contributed by atoms with Crippen LogP contribution in [0, 0.1) is 12.7 Å². The molecule has 0 heterocycles. The van der Waals surface area contributed by atoms with Gasteiger partial charge in [0.2, 0.25) is 0 Å². The quantitative estimate of drug-likeness (QED) is 0.911. The second kappa shape index (κ2) is 6.39. The van der Waals surface area contributed by atoms with Gasteiger partial charge in [-0.3, -0.25) is 0 Å². The lowest BCUT2D eigenvalue weighted by Gasteiger charge is -2.13. The Hall–Kier alpha value is -2.07. The zero-order chi connectivity index (χ0) is 14.5. The zero-order valence-electron chi connectivity index (χ0n) is 11.5. The molecular formula is C16H17FO3. The molecule has 0 fully saturated rings. The largest absolute Gasteiger partial charge is 0.493 e. The molecule has 20 heavy (non-hydrogen) atoms. The highest BCUT2D eigenvalue weighted by atomic mass is 19.1. The molecule has 0 bridgehead atoms. The number of ether oxygens (including phenoxy) is 2. The normalized spacial score (nSPS) is 10.4. The minimum absolute atomic E-state index is 0.0701. The summed E-state index contributed by atoms with van der Waals surface area (Å²) in [6.07, 6.45) is 0. The van der Waals surface area contributed by atoms with E-state index in [2.05, 4.69) is 0 Å². The van der Waals surface area contributed by atoms with E-state index in [0.29, 0.717) is 11.5 Å². The molecule has 0 aromatic heterocycles. The molecule has 4 heteroatoms. The molecule has 0 atom stereocenters. The molecule has 0 aliphatic heterocycles. The molecule has 0 saturated heterocycles. The Morgan fingerprint density at radius 1 is 1.10 bits per heavy atom. The molecule has 2 aromatic carbocycles. The molecular weight excluding hydrogens is 259 g/mol. The molecule has 0 unspecified atom stereocenters. The number of aliphatic hydroxyl groups excluding tert-OH is 1. The van der Waals surface area contributed by atoms with Gasteiger partial charge >= 0.3 is 0 Å². The van der Waals surface area contributed by atoms with E-state index in [4.69, 9.17) is 14.6 Å².